The minimum Gasteiger partial charge on any atom is -0.492 e. The molecule has 0 radical (unpaired) electrons. The van der Waals surface area contributed by atoms with E-state index in [9.17, 15) is 0 Å². The standard InChI is InChI=1S/C20H21N7O2/c1-4-16(29-12-9-27-7-10-28-11-8-27)5-2-14(1)19-17-13-15(20-23-25-26-24-20)3-6-18(17)21-22-19/h1-6,13H,7-12H2,(H,21,22)(H,23,24,25,26). The molecule has 29 heavy (non-hydrogen) atoms. The van der Waals surface area contributed by atoms with E-state index in [1.54, 1.807) is 0 Å². The third kappa shape index (κ3) is 3.82. The number of H-pyrrole nitrogens is 2. The second-order valence-electron chi connectivity index (χ2n) is 6.89. The number of aromatic nitrogens is 6. The van der Waals surface area contributed by atoms with Crippen LogP contribution in [0.25, 0.3) is 33.5 Å². The van der Waals surface area contributed by atoms with Gasteiger partial charge in [0.15, 0.2) is 0 Å². The predicted octanol–water partition coefficient (Wildman–Crippen LogP) is 2.12. The first-order valence-corrected chi connectivity index (χ1v) is 9.62. The molecule has 9 nitrogen and oxygen atoms in total. The van der Waals surface area contributed by atoms with Crippen molar-refractivity contribution in [1.82, 2.24) is 35.7 Å². The van der Waals surface area contributed by atoms with Crippen molar-refractivity contribution in [2.24, 2.45) is 0 Å². The Bertz CT molecular complexity index is 1070. The fourth-order valence-electron chi connectivity index (χ4n) is 3.48. The number of benzene rings is 2. The molecule has 0 amide bonds. The Balaban J connectivity index is 1.30. The van der Waals surface area contributed by atoms with Gasteiger partial charge in [-0.1, -0.05) is 0 Å². The van der Waals surface area contributed by atoms with Crippen LogP contribution in [0.3, 0.4) is 0 Å². The molecule has 5 rings (SSSR count). The van der Waals surface area contributed by atoms with E-state index >= 15 is 0 Å². The summed E-state index contributed by atoms with van der Waals surface area (Å²) in [5.74, 6) is 1.41. The average molecular weight is 391 g/mol. The molecular formula is C20H21N7O2. The maximum atomic E-state index is 5.90. The zero-order chi connectivity index (χ0) is 19.5. The monoisotopic (exact) mass is 391 g/mol. The number of nitrogens with zero attached hydrogens (tertiary/aromatic N) is 5. The Morgan fingerprint density at radius 3 is 2.62 bits per heavy atom. The highest BCUT2D eigenvalue weighted by Crippen LogP contribution is 2.30. The van der Waals surface area contributed by atoms with E-state index < -0.39 is 0 Å². The molecule has 1 saturated heterocycles. The van der Waals surface area contributed by atoms with E-state index in [2.05, 4.69) is 35.7 Å². The Hall–Kier alpha value is -3.30. The molecule has 0 atom stereocenters. The maximum absolute atomic E-state index is 5.90. The highest BCUT2D eigenvalue weighted by molar-refractivity contribution is 5.95. The van der Waals surface area contributed by atoms with E-state index in [1.807, 2.05) is 42.5 Å². The van der Waals surface area contributed by atoms with Gasteiger partial charge < -0.3 is 9.47 Å². The minimum atomic E-state index is 0.558. The normalized spacial score (nSPS) is 15.0. The largest absolute Gasteiger partial charge is 0.492 e. The molecule has 1 aliphatic heterocycles. The molecule has 0 bridgehead atoms. The second-order valence-corrected chi connectivity index (χ2v) is 6.89. The van der Waals surface area contributed by atoms with Crippen molar-refractivity contribution in [1.29, 1.82) is 0 Å². The van der Waals surface area contributed by atoms with Gasteiger partial charge >= 0.3 is 0 Å². The first kappa shape index (κ1) is 17.8. The Morgan fingerprint density at radius 1 is 1.00 bits per heavy atom. The van der Waals surface area contributed by atoms with Gasteiger partial charge in [-0.25, -0.2) is 0 Å². The zero-order valence-electron chi connectivity index (χ0n) is 15.8. The van der Waals surface area contributed by atoms with E-state index in [1.165, 1.54) is 0 Å². The number of ether oxygens (including phenoxy) is 2. The van der Waals surface area contributed by atoms with Crippen LogP contribution in [-0.4, -0.2) is 75.2 Å². The first-order valence-electron chi connectivity index (χ1n) is 9.62. The number of morpholine rings is 1. The van der Waals surface area contributed by atoms with Crippen molar-refractivity contribution in [2.75, 3.05) is 39.5 Å². The lowest BCUT2D eigenvalue weighted by Gasteiger charge is -2.26. The number of tetrazole rings is 1. The van der Waals surface area contributed by atoms with Gasteiger partial charge in [-0.15, -0.1) is 10.2 Å². The van der Waals surface area contributed by atoms with Crippen LogP contribution in [0.5, 0.6) is 5.75 Å². The van der Waals surface area contributed by atoms with E-state index in [0.717, 1.165) is 66.3 Å². The van der Waals surface area contributed by atoms with Crippen molar-refractivity contribution in [3.8, 4) is 28.4 Å². The van der Waals surface area contributed by atoms with Crippen molar-refractivity contribution >= 4 is 10.9 Å². The maximum Gasteiger partial charge on any atom is 0.204 e. The van der Waals surface area contributed by atoms with Crippen LogP contribution in [0, 0.1) is 0 Å². The molecule has 0 unspecified atom stereocenters. The fourth-order valence-corrected chi connectivity index (χ4v) is 3.48. The number of nitrogens with one attached hydrogen (secondary N) is 2. The third-order valence-corrected chi connectivity index (χ3v) is 5.07. The summed E-state index contributed by atoms with van der Waals surface area (Å²) >= 11 is 0. The zero-order valence-corrected chi connectivity index (χ0v) is 15.8. The van der Waals surface area contributed by atoms with Crippen molar-refractivity contribution < 1.29 is 9.47 Å². The Kier molecular flexibility index (Phi) is 4.89. The lowest BCUT2D eigenvalue weighted by atomic mass is 10.1. The summed E-state index contributed by atoms with van der Waals surface area (Å²) in [5.41, 5.74) is 3.74. The molecule has 3 heterocycles. The predicted molar refractivity (Wildman–Crippen MR) is 107 cm³/mol. The molecule has 148 valence electrons. The van der Waals surface area contributed by atoms with Gasteiger partial charge in [0.1, 0.15) is 12.4 Å². The molecular weight excluding hydrogens is 370 g/mol. The summed E-state index contributed by atoms with van der Waals surface area (Å²) in [5, 5.41) is 22.8. The third-order valence-electron chi connectivity index (χ3n) is 5.07. The first-order chi connectivity index (χ1) is 14.4. The molecule has 2 aromatic heterocycles. The van der Waals surface area contributed by atoms with Crippen molar-refractivity contribution in [3.63, 3.8) is 0 Å². The summed E-state index contributed by atoms with van der Waals surface area (Å²) in [6.45, 7) is 5.13. The SMILES string of the molecule is c1cc(-c2n[nH]c3ccc(-c4nn[nH]n4)cc23)ccc1OCCN1CCOCC1. The van der Waals surface area contributed by atoms with Gasteiger partial charge in [-0.05, 0) is 47.7 Å². The molecule has 4 aromatic rings. The van der Waals surface area contributed by atoms with Crippen LogP contribution in [0.4, 0.5) is 0 Å². The lowest BCUT2D eigenvalue weighted by Crippen LogP contribution is -2.38. The molecule has 0 spiro atoms. The molecule has 0 aliphatic carbocycles. The number of fused-ring (bicyclic) bond motifs is 1. The lowest BCUT2D eigenvalue weighted by molar-refractivity contribution is 0.0322. The second kappa shape index (κ2) is 7.98. The van der Waals surface area contributed by atoms with Crippen molar-refractivity contribution in [2.45, 2.75) is 0 Å². The number of hydrogen-bond donors (Lipinski definition) is 2. The summed E-state index contributed by atoms with van der Waals surface area (Å²) < 4.78 is 11.3. The highest BCUT2D eigenvalue weighted by Gasteiger charge is 2.12. The summed E-state index contributed by atoms with van der Waals surface area (Å²) in [6.07, 6.45) is 0. The van der Waals surface area contributed by atoms with Gasteiger partial charge in [-0.3, -0.25) is 10.00 Å². The Morgan fingerprint density at radius 2 is 1.83 bits per heavy atom. The molecule has 0 saturated carbocycles. The van der Waals surface area contributed by atoms with Crippen molar-refractivity contribution in [3.05, 3.63) is 42.5 Å². The van der Waals surface area contributed by atoms with Crippen LogP contribution in [0.15, 0.2) is 42.5 Å². The van der Waals surface area contributed by atoms with Gasteiger partial charge in [0.05, 0.1) is 24.4 Å². The van der Waals surface area contributed by atoms with E-state index in [4.69, 9.17) is 9.47 Å². The number of rotatable bonds is 6. The van der Waals surface area contributed by atoms with E-state index in [-0.39, 0.29) is 0 Å². The average Bonchev–Trinajstić information content (AvgIpc) is 3.45. The molecule has 2 aromatic carbocycles. The van der Waals surface area contributed by atoms with Gasteiger partial charge in [-0.2, -0.15) is 10.3 Å². The molecule has 9 heteroatoms. The van der Waals surface area contributed by atoms with Gasteiger partial charge in [0, 0.05) is 36.1 Å². The fraction of sp³-hybridized carbons (Fsp3) is 0.300. The molecule has 2 N–H and O–H groups in total. The quantitative estimate of drug-likeness (QED) is 0.519. The van der Waals surface area contributed by atoms with Crippen LogP contribution in [0.1, 0.15) is 0 Å². The molecule has 1 aliphatic rings. The van der Waals surface area contributed by atoms with Gasteiger partial charge in [0.25, 0.3) is 0 Å². The number of aromatic amines is 2. The van der Waals surface area contributed by atoms with Crippen LogP contribution in [-0.2, 0) is 4.74 Å². The Labute approximate surface area is 167 Å². The van der Waals surface area contributed by atoms with Gasteiger partial charge in [0.2, 0.25) is 5.82 Å². The smallest absolute Gasteiger partial charge is 0.204 e. The minimum absolute atomic E-state index is 0.558. The van der Waals surface area contributed by atoms with Crippen LogP contribution < -0.4 is 4.74 Å². The van der Waals surface area contributed by atoms with Crippen LogP contribution >= 0.6 is 0 Å². The summed E-state index contributed by atoms with van der Waals surface area (Å²) in [7, 11) is 0. The van der Waals surface area contributed by atoms with E-state index in [0.29, 0.717) is 12.4 Å². The highest BCUT2D eigenvalue weighted by atomic mass is 16.5. The number of hydrogen-bond acceptors (Lipinski definition) is 7. The topological polar surface area (TPSA) is 105 Å². The summed E-state index contributed by atoms with van der Waals surface area (Å²) in [6, 6.07) is 14.0. The molecule has 1 fully saturated rings. The summed E-state index contributed by atoms with van der Waals surface area (Å²) in [4.78, 5) is 2.36. The van der Waals surface area contributed by atoms with Crippen LogP contribution in [0.2, 0.25) is 0 Å².